The van der Waals surface area contributed by atoms with Crippen molar-refractivity contribution in [3.8, 4) is 11.5 Å². The van der Waals surface area contributed by atoms with E-state index in [1.807, 2.05) is 24.3 Å². The molecule has 2 aromatic carbocycles. The SMILES string of the molecule is COC(=O)C1C2c3ccccc3OC1(C)N=c1s/c(=C/c3ccc(COc4cccc(Cl)c4Cl)o3)c(=O)n12. The molecule has 0 aliphatic carbocycles. The van der Waals surface area contributed by atoms with Gasteiger partial charge < -0.3 is 18.6 Å². The van der Waals surface area contributed by atoms with Gasteiger partial charge in [-0.15, -0.1) is 0 Å². The van der Waals surface area contributed by atoms with Gasteiger partial charge >= 0.3 is 5.97 Å². The highest BCUT2D eigenvalue weighted by atomic mass is 35.5. The second-order valence-electron chi connectivity index (χ2n) is 8.97. The van der Waals surface area contributed by atoms with E-state index in [4.69, 9.17) is 46.8 Å². The van der Waals surface area contributed by atoms with E-state index in [-0.39, 0.29) is 12.2 Å². The van der Waals surface area contributed by atoms with Crippen molar-refractivity contribution in [3.05, 3.63) is 101 Å². The number of hydrogen-bond donors (Lipinski definition) is 0. The summed E-state index contributed by atoms with van der Waals surface area (Å²) in [5.74, 6) is 0.686. The van der Waals surface area contributed by atoms with Crippen LogP contribution in [0.3, 0.4) is 0 Å². The summed E-state index contributed by atoms with van der Waals surface area (Å²) in [6.45, 7) is 1.86. The lowest BCUT2D eigenvalue weighted by atomic mass is 9.81. The van der Waals surface area contributed by atoms with E-state index in [2.05, 4.69) is 0 Å². The summed E-state index contributed by atoms with van der Waals surface area (Å²) in [5, 5.41) is 0.717. The van der Waals surface area contributed by atoms with Crippen molar-refractivity contribution in [1.29, 1.82) is 0 Å². The van der Waals surface area contributed by atoms with Crippen LogP contribution >= 0.6 is 34.5 Å². The Kier molecular flexibility index (Phi) is 6.09. The highest BCUT2D eigenvalue weighted by Crippen LogP contribution is 2.47. The molecule has 194 valence electrons. The van der Waals surface area contributed by atoms with E-state index in [1.54, 1.807) is 47.9 Å². The number of aromatic nitrogens is 1. The number of benzene rings is 2. The summed E-state index contributed by atoms with van der Waals surface area (Å²) in [6.07, 6.45) is 1.65. The first-order valence-corrected chi connectivity index (χ1v) is 13.2. The number of thiazole rings is 1. The Labute approximate surface area is 230 Å². The average Bonchev–Trinajstić information content (AvgIpc) is 3.47. The van der Waals surface area contributed by atoms with Gasteiger partial charge in [0.1, 0.15) is 40.6 Å². The lowest BCUT2D eigenvalue weighted by Gasteiger charge is -2.44. The van der Waals surface area contributed by atoms with Crippen LogP contribution in [-0.4, -0.2) is 23.4 Å². The standard InChI is InChI=1S/C27H20Cl2N2O6S/c1-27-21(25(33)34-2)23(16-6-3-4-8-18(16)37-27)31-24(32)20(38-26(31)30-27)12-14-10-11-15(36-14)13-35-19-9-5-7-17(28)22(19)29/h3-12,21,23H,13H2,1-2H3/b20-12+. The summed E-state index contributed by atoms with van der Waals surface area (Å²) < 4.78 is 24.9. The fourth-order valence-electron chi connectivity index (χ4n) is 4.85. The van der Waals surface area contributed by atoms with Crippen LogP contribution in [0.2, 0.25) is 10.0 Å². The van der Waals surface area contributed by atoms with Crippen molar-refractivity contribution < 1.29 is 23.4 Å². The molecule has 8 nitrogen and oxygen atoms in total. The molecule has 2 bridgehead atoms. The van der Waals surface area contributed by atoms with Crippen molar-refractivity contribution in [2.45, 2.75) is 25.3 Å². The molecule has 2 aromatic heterocycles. The third kappa shape index (κ3) is 4.02. The predicted molar refractivity (Wildman–Crippen MR) is 142 cm³/mol. The number of halogens is 2. The van der Waals surface area contributed by atoms with Crippen LogP contribution in [-0.2, 0) is 16.1 Å². The number of hydrogen-bond acceptors (Lipinski definition) is 8. The normalized spacial score (nSPS) is 21.6. The largest absolute Gasteiger partial charge is 0.484 e. The maximum atomic E-state index is 13.7. The number of carbonyl (C=O) groups is 1. The third-order valence-electron chi connectivity index (χ3n) is 6.58. The first-order chi connectivity index (χ1) is 18.3. The van der Waals surface area contributed by atoms with Gasteiger partial charge in [0.05, 0.1) is 22.7 Å². The molecule has 3 unspecified atom stereocenters. The van der Waals surface area contributed by atoms with Gasteiger partial charge in [-0.3, -0.25) is 14.2 Å². The zero-order valence-corrected chi connectivity index (χ0v) is 22.5. The van der Waals surface area contributed by atoms with Crippen LogP contribution in [0.4, 0.5) is 0 Å². The van der Waals surface area contributed by atoms with Crippen molar-refractivity contribution >= 4 is 46.6 Å². The Morgan fingerprint density at radius 1 is 1.18 bits per heavy atom. The van der Waals surface area contributed by atoms with Gasteiger partial charge in [-0.1, -0.05) is 58.8 Å². The van der Waals surface area contributed by atoms with Gasteiger partial charge in [0.25, 0.3) is 5.56 Å². The minimum absolute atomic E-state index is 0.124. The van der Waals surface area contributed by atoms with Crippen molar-refractivity contribution in [1.82, 2.24) is 4.57 Å². The summed E-state index contributed by atoms with van der Waals surface area (Å²) in [7, 11) is 1.32. The Morgan fingerprint density at radius 3 is 2.82 bits per heavy atom. The van der Waals surface area contributed by atoms with Gasteiger partial charge in [-0.2, -0.15) is 0 Å². The molecule has 0 amide bonds. The van der Waals surface area contributed by atoms with E-state index in [0.29, 0.717) is 42.4 Å². The van der Waals surface area contributed by atoms with E-state index < -0.39 is 23.7 Å². The van der Waals surface area contributed by atoms with Crippen LogP contribution < -0.4 is 24.4 Å². The molecule has 2 aliphatic heterocycles. The van der Waals surface area contributed by atoms with Crippen molar-refractivity contribution in [2.75, 3.05) is 7.11 Å². The average molecular weight is 571 g/mol. The Bertz CT molecular complexity index is 1760. The van der Waals surface area contributed by atoms with Crippen LogP contribution in [0, 0.1) is 5.92 Å². The number of methoxy groups -OCH3 is 1. The summed E-state index contributed by atoms with van der Waals surface area (Å²) in [4.78, 5) is 31.7. The fourth-order valence-corrected chi connectivity index (χ4v) is 6.28. The zero-order valence-electron chi connectivity index (χ0n) is 20.1. The van der Waals surface area contributed by atoms with E-state index in [9.17, 15) is 9.59 Å². The molecule has 0 spiro atoms. The van der Waals surface area contributed by atoms with Gasteiger partial charge in [0, 0.05) is 11.6 Å². The number of carbonyl (C=O) groups excluding carboxylic acids is 1. The number of para-hydroxylation sites is 1. The predicted octanol–water partition coefficient (Wildman–Crippen LogP) is 4.34. The monoisotopic (exact) mass is 570 g/mol. The number of esters is 1. The number of ether oxygens (including phenoxy) is 3. The second-order valence-corrected chi connectivity index (χ2v) is 10.8. The lowest BCUT2D eigenvalue weighted by molar-refractivity contribution is -0.158. The smallest absolute Gasteiger partial charge is 0.317 e. The molecule has 3 atom stereocenters. The lowest BCUT2D eigenvalue weighted by Crippen LogP contribution is -2.58. The number of fused-ring (bicyclic) bond motifs is 6. The molecule has 6 rings (SSSR count). The quantitative estimate of drug-likeness (QED) is 0.331. The molecule has 0 saturated carbocycles. The molecule has 0 fully saturated rings. The molecule has 38 heavy (non-hydrogen) atoms. The molecular weight excluding hydrogens is 551 g/mol. The first kappa shape index (κ1) is 24.8. The van der Waals surface area contributed by atoms with Crippen molar-refractivity contribution in [3.63, 3.8) is 0 Å². The van der Waals surface area contributed by atoms with Gasteiger partial charge in [-0.05, 0) is 37.3 Å². The van der Waals surface area contributed by atoms with E-state index >= 15 is 0 Å². The fraction of sp³-hybridized carbons (Fsp3) is 0.222. The second kappa shape index (κ2) is 9.34. The molecule has 4 heterocycles. The topological polar surface area (TPSA) is 92.3 Å². The highest BCUT2D eigenvalue weighted by Gasteiger charge is 2.55. The molecule has 0 N–H and O–H groups in total. The third-order valence-corrected chi connectivity index (χ3v) is 8.36. The van der Waals surface area contributed by atoms with E-state index in [1.165, 1.54) is 18.4 Å². The minimum Gasteiger partial charge on any atom is -0.484 e. The summed E-state index contributed by atoms with van der Waals surface area (Å²) >= 11 is 13.4. The van der Waals surface area contributed by atoms with Gasteiger partial charge in [-0.25, -0.2) is 4.99 Å². The number of rotatable bonds is 5. The molecule has 0 saturated heterocycles. The van der Waals surface area contributed by atoms with Crippen molar-refractivity contribution in [2.24, 2.45) is 10.9 Å². The zero-order chi connectivity index (χ0) is 26.6. The van der Waals surface area contributed by atoms with Crippen LogP contribution in [0.15, 0.2) is 68.8 Å². The van der Waals surface area contributed by atoms with Crippen LogP contribution in [0.5, 0.6) is 11.5 Å². The molecular formula is C27H20Cl2N2O6S. The minimum atomic E-state index is -1.22. The molecule has 11 heteroatoms. The summed E-state index contributed by atoms with van der Waals surface area (Å²) in [6, 6.07) is 15.3. The van der Waals surface area contributed by atoms with E-state index in [0.717, 1.165) is 5.56 Å². The first-order valence-electron chi connectivity index (χ1n) is 11.6. The molecule has 4 aromatic rings. The Hall–Kier alpha value is -3.53. The highest BCUT2D eigenvalue weighted by molar-refractivity contribution is 7.07. The number of nitrogens with zero attached hydrogens (tertiary/aromatic N) is 2. The maximum Gasteiger partial charge on any atom is 0.317 e. The van der Waals surface area contributed by atoms with Gasteiger partial charge in [0.15, 0.2) is 4.80 Å². The number of furan rings is 1. The van der Waals surface area contributed by atoms with Crippen LogP contribution in [0.25, 0.3) is 6.08 Å². The maximum absolute atomic E-state index is 13.7. The molecule has 0 radical (unpaired) electrons. The molecule has 2 aliphatic rings. The Morgan fingerprint density at radius 2 is 2.00 bits per heavy atom. The van der Waals surface area contributed by atoms with Gasteiger partial charge in [0.2, 0.25) is 5.72 Å². The van der Waals surface area contributed by atoms with Crippen LogP contribution in [0.1, 0.15) is 30.0 Å². The Balaban J connectivity index is 1.38. The summed E-state index contributed by atoms with van der Waals surface area (Å²) in [5.41, 5.74) is -0.788.